The lowest BCUT2D eigenvalue weighted by atomic mass is 10.2. The van der Waals surface area contributed by atoms with Crippen molar-refractivity contribution in [2.45, 2.75) is 26.8 Å². The number of carbonyl (C=O) groups is 1. The van der Waals surface area contributed by atoms with Crippen LogP contribution in [0.15, 0.2) is 36.4 Å². The Morgan fingerprint density at radius 2 is 2.05 bits per heavy atom. The van der Waals surface area contributed by atoms with E-state index in [-0.39, 0.29) is 5.91 Å². The predicted molar refractivity (Wildman–Crippen MR) is 84.4 cm³/mol. The van der Waals surface area contributed by atoms with Gasteiger partial charge in [-0.1, -0.05) is 18.2 Å². The number of hydrogen-bond acceptors (Lipinski definition) is 3. The Balaban J connectivity index is 2.34. The first-order valence-corrected chi connectivity index (χ1v) is 7.28. The minimum atomic E-state index is -0.0305. The number of hydrogen-bond donors (Lipinski definition) is 1. The van der Waals surface area contributed by atoms with E-state index in [9.17, 15) is 4.79 Å². The molecule has 0 aliphatic heterocycles. The summed E-state index contributed by atoms with van der Waals surface area (Å²) in [5.41, 5.74) is 7.96. The third-order valence-corrected chi connectivity index (χ3v) is 3.32. The topological polar surface area (TPSA) is 64.2 Å². The monoisotopic (exact) mass is 286 g/mol. The summed E-state index contributed by atoms with van der Waals surface area (Å²) in [4.78, 5) is 14.6. The molecular formula is C16H22N4O. The van der Waals surface area contributed by atoms with Gasteiger partial charge in [-0.2, -0.15) is 5.10 Å². The zero-order chi connectivity index (χ0) is 15.2. The van der Waals surface area contributed by atoms with Crippen LogP contribution in [0, 0.1) is 6.92 Å². The molecule has 112 valence electrons. The van der Waals surface area contributed by atoms with Gasteiger partial charge in [0, 0.05) is 18.8 Å². The van der Waals surface area contributed by atoms with Crippen LogP contribution in [-0.4, -0.2) is 28.8 Å². The fourth-order valence-corrected chi connectivity index (χ4v) is 2.30. The Kier molecular flexibility index (Phi) is 5.11. The highest BCUT2D eigenvalue weighted by Crippen LogP contribution is 2.18. The van der Waals surface area contributed by atoms with Gasteiger partial charge in [0.15, 0.2) is 0 Å². The lowest BCUT2D eigenvalue weighted by molar-refractivity contribution is 0.0976. The maximum absolute atomic E-state index is 12.9. The maximum Gasteiger partial charge on any atom is 0.276 e. The zero-order valence-corrected chi connectivity index (χ0v) is 12.6. The van der Waals surface area contributed by atoms with E-state index in [0.717, 1.165) is 17.8 Å². The lowest BCUT2D eigenvalue weighted by Gasteiger charge is -2.22. The van der Waals surface area contributed by atoms with E-state index in [0.29, 0.717) is 25.3 Å². The van der Waals surface area contributed by atoms with Crippen LogP contribution in [-0.2, 0) is 6.54 Å². The highest BCUT2D eigenvalue weighted by atomic mass is 16.2. The SMILES string of the molecule is CCn1nc(C)cc1C(=O)N(CCCN)c1ccccc1. The fourth-order valence-electron chi connectivity index (χ4n) is 2.30. The molecule has 2 aromatic rings. The molecule has 0 aliphatic carbocycles. The molecule has 0 aliphatic rings. The smallest absolute Gasteiger partial charge is 0.276 e. The minimum Gasteiger partial charge on any atom is -0.330 e. The van der Waals surface area contributed by atoms with Gasteiger partial charge in [0.25, 0.3) is 5.91 Å². The van der Waals surface area contributed by atoms with Crippen molar-refractivity contribution >= 4 is 11.6 Å². The Hall–Kier alpha value is -2.14. The molecule has 0 fully saturated rings. The Labute approximate surface area is 125 Å². The molecule has 0 bridgehead atoms. The van der Waals surface area contributed by atoms with Gasteiger partial charge in [-0.25, -0.2) is 0 Å². The summed E-state index contributed by atoms with van der Waals surface area (Å²) in [5, 5.41) is 4.35. The van der Waals surface area contributed by atoms with Gasteiger partial charge >= 0.3 is 0 Å². The highest BCUT2D eigenvalue weighted by Gasteiger charge is 2.21. The van der Waals surface area contributed by atoms with Gasteiger partial charge in [-0.15, -0.1) is 0 Å². The van der Waals surface area contributed by atoms with Crippen molar-refractivity contribution in [3.05, 3.63) is 47.8 Å². The van der Waals surface area contributed by atoms with Crippen molar-refractivity contribution in [1.82, 2.24) is 9.78 Å². The number of benzene rings is 1. The number of aromatic nitrogens is 2. The molecule has 5 heteroatoms. The van der Waals surface area contributed by atoms with Crippen molar-refractivity contribution in [2.75, 3.05) is 18.0 Å². The Bertz CT molecular complexity index is 592. The molecular weight excluding hydrogens is 264 g/mol. The van der Waals surface area contributed by atoms with Crippen molar-refractivity contribution in [1.29, 1.82) is 0 Å². The molecule has 2 N–H and O–H groups in total. The molecule has 5 nitrogen and oxygen atoms in total. The van der Waals surface area contributed by atoms with Crippen LogP contribution in [0.1, 0.15) is 29.5 Å². The molecule has 0 radical (unpaired) electrons. The van der Waals surface area contributed by atoms with Crippen LogP contribution >= 0.6 is 0 Å². The summed E-state index contributed by atoms with van der Waals surface area (Å²) in [6, 6.07) is 11.5. The summed E-state index contributed by atoms with van der Waals surface area (Å²) in [7, 11) is 0. The van der Waals surface area contributed by atoms with E-state index < -0.39 is 0 Å². The molecule has 0 saturated heterocycles. The number of nitrogens with two attached hydrogens (primary N) is 1. The van der Waals surface area contributed by atoms with Gasteiger partial charge in [-0.3, -0.25) is 9.48 Å². The van der Waals surface area contributed by atoms with Gasteiger partial charge in [0.2, 0.25) is 0 Å². The summed E-state index contributed by atoms with van der Waals surface area (Å²) in [5.74, 6) is -0.0305. The molecule has 0 unspecified atom stereocenters. The minimum absolute atomic E-state index is 0.0305. The average Bonchev–Trinajstić information content (AvgIpc) is 2.89. The average molecular weight is 286 g/mol. The number of rotatable bonds is 6. The van der Waals surface area contributed by atoms with Crippen LogP contribution in [0.2, 0.25) is 0 Å². The molecule has 1 amide bonds. The van der Waals surface area contributed by atoms with Crippen LogP contribution in [0.25, 0.3) is 0 Å². The van der Waals surface area contributed by atoms with Gasteiger partial charge in [-0.05, 0) is 45.0 Å². The molecule has 2 rings (SSSR count). The third kappa shape index (κ3) is 3.49. The molecule has 21 heavy (non-hydrogen) atoms. The summed E-state index contributed by atoms with van der Waals surface area (Å²) in [6.07, 6.45) is 0.764. The highest BCUT2D eigenvalue weighted by molar-refractivity contribution is 6.05. The van der Waals surface area contributed by atoms with Gasteiger partial charge < -0.3 is 10.6 Å². The molecule has 0 spiro atoms. The molecule has 1 aromatic heterocycles. The van der Waals surface area contributed by atoms with E-state index in [2.05, 4.69) is 5.10 Å². The van der Waals surface area contributed by atoms with Crippen LogP contribution in [0.3, 0.4) is 0 Å². The van der Waals surface area contributed by atoms with Gasteiger partial charge in [0.05, 0.1) is 5.69 Å². The molecule has 0 saturated carbocycles. The van der Waals surface area contributed by atoms with E-state index >= 15 is 0 Å². The zero-order valence-electron chi connectivity index (χ0n) is 12.6. The predicted octanol–water partition coefficient (Wildman–Crippen LogP) is 2.21. The number of para-hydroxylation sites is 1. The van der Waals surface area contributed by atoms with E-state index in [1.54, 1.807) is 9.58 Å². The van der Waals surface area contributed by atoms with Crippen molar-refractivity contribution in [3.63, 3.8) is 0 Å². The Morgan fingerprint density at radius 1 is 1.33 bits per heavy atom. The first kappa shape index (κ1) is 15.3. The van der Waals surface area contributed by atoms with Crippen molar-refractivity contribution < 1.29 is 4.79 Å². The normalized spacial score (nSPS) is 10.6. The first-order valence-electron chi connectivity index (χ1n) is 7.28. The number of amides is 1. The second-order valence-electron chi connectivity index (χ2n) is 4.92. The lowest BCUT2D eigenvalue weighted by Crippen LogP contribution is -2.34. The van der Waals surface area contributed by atoms with E-state index in [4.69, 9.17) is 5.73 Å². The second kappa shape index (κ2) is 7.04. The largest absolute Gasteiger partial charge is 0.330 e. The summed E-state index contributed by atoms with van der Waals surface area (Å²) >= 11 is 0. The number of anilines is 1. The van der Waals surface area contributed by atoms with Crippen LogP contribution in [0.5, 0.6) is 0 Å². The van der Waals surface area contributed by atoms with E-state index in [1.807, 2.05) is 50.2 Å². The number of carbonyl (C=O) groups excluding carboxylic acids is 1. The quantitative estimate of drug-likeness (QED) is 0.885. The first-order chi connectivity index (χ1) is 10.2. The van der Waals surface area contributed by atoms with Crippen molar-refractivity contribution in [3.8, 4) is 0 Å². The standard InChI is InChI=1S/C16H22N4O/c1-3-20-15(12-13(2)18-20)16(21)19(11-7-10-17)14-8-5-4-6-9-14/h4-6,8-9,12H,3,7,10-11,17H2,1-2H3. The summed E-state index contributed by atoms with van der Waals surface area (Å²) < 4.78 is 1.75. The van der Waals surface area contributed by atoms with Crippen molar-refractivity contribution in [2.24, 2.45) is 5.73 Å². The Morgan fingerprint density at radius 3 is 2.67 bits per heavy atom. The molecule has 1 heterocycles. The van der Waals surface area contributed by atoms with Crippen LogP contribution in [0.4, 0.5) is 5.69 Å². The molecule has 0 atom stereocenters. The summed E-state index contributed by atoms with van der Waals surface area (Å²) in [6.45, 7) is 5.72. The fraction of sp³-hybridized carbons (Fsp3) is 0.375. The van der Waals surface area contributed by atoms with Gasteiger partial charge in [0.1, 0.15) is 5.69 Å². The number of nitrogens with zero attached hydrogens (tertiary/aromatic N) is 3. The maximum atomic E-state index is 12.9. The second-order valence-corrected chi connectivity index (χ2v) is 4.92. The molecule has 1 aromatic carbocycles. The van der Waals surface area contributed by atoms with Crippen LogP contribution < -0.4 is 10.6 Å². The van der Waals surface area contributed by atoms with E-state index in [1.165, 1.54) is 0 Å². The third-order valence-electron chi connectivity index (χ3n) is 3.32. The number of aryl methyl sites for hydroxylation is 2.